The summed E-state index contributed by atoms with van der Waals surface area (Å²) in [6.45, 7) is 0. The van der Waals surface area contributed by atoms with Crippen molar-refractivity contribution in [1.82, 2.24) is 20.3 Å². The number of aliphatic carboxylic acids is 1. The average molecular weight is 472 g/mol. The largest absolute Gasteiger partial charge is 0.490 e. The summed E-state index contributed by atoms with van der Waals surface area (Å²) in [5, 5.41) is 11.3. The highest BCUT2D eigenvalue weighted by Gasteiger charge is 2.38. The molecule has 0 aliphatic heterocycles. The van der Waals surface area contributed by atoms with Crippen LogP contribution in [0.15, 0.2) is 54.7 Å². The number of imidazole rings is 1. The Labute approximate surface area is 192 Å². The van der Waals surface area contributed by atoms with Crippen molar-refractivity contribution in [1.29, 1.82) is 0 Å². The van der Waals surface area contributed by atoms with Gasteiger partial charge in [-0.3, -0.25) is 4.79 Å². The molecule has 1 amide bonds. The fraction of sp³-hybridized carbons (Fsp3) is 0.292. The predicted octanol–water partition coefficient (Wildman–Crippen LogP) is 5.13. The van der Waals surface area contributed by atoms with E-state index in [4.69, 9.17) is 14.9 Å². The van der Waals surface area contributed by atoms with Crippen molar-refractivity contribution in [2.75, 3.05) is 0 Å². The second-order valence-corrected chi connectivity index (χ2v) is 8.22. The van der Waals surface area contributed by atoms with E-state index in [1.54, 1.807) is 6.20 Å². The number of carboxylic acids is 1. The molecule has 178 valence electrons. The van der Waals surface area contributed by atoms with Crippen LogP contribution >= 0.6 is 0 Å². The number of H-pyrrole nitrogens is 2. The summed E-state index contributed by atoms with van der Waals surface area (Å²) < 4.78 is 31.7. The van der Waals surface area contributed by atoms with Crippen molar-refractivity contribution in [2.24, 2.45) is 0 Å². The molecule has 2 heterocycles. The van der Waals surface area contributed by atoms with Gasteiger partial charge in [0.1, 0.15) is 5.82 Å². The molecule has 0 spiro atoms. The van der Waals surface area contributed by atoms with Crippen LogP contribution in [-0.2, 0) is 4.79 Å². The van der Waals surface area contributed by atoms with Crippen molar-refractivity contribution in [3.05, 3.63) is 66.1 Å². The minimum atomic E-state index is -5.08. The first-order valence-electron chi connectivity index (χ1n) is 10.8. The lowest BCUT2D eigenvalue weighted by Gasteiger charge is -2.28. The molecule has 1 fully saturated rings. The summed E-state index contributed by atoms with van der Waals surface area (Å²) >= 11 is 0. The number of carbonyl (C=O) groups excluding carboxylic acids is 1. The first-order valence-corrected chi connectivity index (χ1v) is 10.8. The molecule has 2 aromatic heterocycles. The van der Waals surface area contributed by atoms with E-state index in [9.17, 15) is 18.0 Å². The Kier molecular flexibility index (Phi) is 6.58. The molecule has 0 radical (unpaired) electrons. The highest BCUT2D eigenvalue weighted by molar-refractivity contribution is 6.06. The van der Waals surface area contributed by atoms with Crippen LogP contribution in [0.1, 0.15) is 47.8 Å². The number of nitrogens with one attached hydrogen (secondary N) is 3. The molecule has 7 nitrogen and oxygen atoms in total. The second-order valence-electron chi connectivity index (χ2n) is 8.22. The number of halogens is 3. The van der Waals surface area contributed by atoms with Crippen molar-refractivity contribution in [3.8, 4) is 0 Å². The molecule has 4 N–H and O–H groups in total. The lowest BCUT2D eigenvalue weighted by molar-refractivity contribution is -0.192. The number of para-hydroxylation sites is 3. The number of aromatic amines is 2. The summed E-state index contributed by atoms with van der Waals surface area (Å²) in [6, 6.07) is 16.2. The standard InChI is InChI=1S/C22H22N4O.C2HF3O2/c27-22(17-13-23-18-9-2-1-8-16(17)18)24-15-7-5-6-14(12-15)21-25-19-10-3-4-11-20(19)26-21;3-2(4,5)1(6)7/h1-4,8-11,13-15,23H,5-7,12H2,(H,24,27)(H,25,26);(H,6,7)/t14-,15+;/m0./s1. The highest BCUT2D eigenvalue weighted by atomic mass is 19.4. The van der Waals surface area contributed by atoms with Crippen molar-refractivity contribution >= 4 is 33.8 Å². The van der Waals surface area contributed by atoms with Crippen molar-refractivity contribution < 1.29 is 27.9 Å². The van der Waals surface area contributed by atoms with Gasteiger partial charge in [0.2, 0.25) is 0 Å². The summed E-state index contributed by atoms with van der Waals surface area (Å²) in [4.78, 5) is 33.1. The molecular formula is C24H23F3N4O3. The number of amides is 1. The molecule has 2 aromatic carbocycles. The third-order valence-electron chi connectivity index (χ3n) is 5.88. The number of rotatable bonds is 3. The highest BCUT2D eigenvalue weighted by Crippen LogP contribution is 2.32. The minimum absolute atomic E-state index is 0.00251. The van der Waals surface area contributed by atoms with Gasteiger partial charge in [0, 0.05) is 29.1 Å². The summed E-state index contributed by atoms with van der Waals surface area (Å²) in [5.41, 5.74) is 3.80. The fourth-order valence-corrected chi connectivity index (χ4v) is 4.26. The van der Waals surface area contributed by atoms with Crippen LogP contribution in [0.4, 0.5) is 13.2 Å². The molecule has 10 heteroatoms. The van der Waals surface area contributed by atoms with Gasteiger partial charge in [0.15, 0.2) is 0 Å². The van der Waals surface area contributed by atoms with Crippen LogP contribution < -0.4 is 5.32 Å². The van der Waals surface area contributed by atoms with Gasteiger partial charge in [-0.1, -0.05) is 36.8 Å². The van der Waals surface area contributed by atoms with E-state index in [-0.39, 0.29) is 11.9 Å². The van der Waals surface area contributed by atoms with Crippen LogP contribution in [0.5, 0.6) is 0 Å². The zero-order valence-electron chi connectivity index (χ0n) is 18.0. The smallest absolute Gasteiger partial charge is 0.475 e. The van der Waals surface area contributed by atoms with E-state index in [0.29, 0.717) is 5.92 Å². The quantitative estimate of drug-likeness (QED) is 0.331. The van der Waals surface area contributed by atoms with Crippen molar-refractivity contribution in [3.63, 3.8) is 0 Å². The van der Waals surface area contributed by atoms with Gasteiger partial charge in [0.05, 0.1) is 16.6 Å². The molecule has 34 heavy (non-hydrogen) atoms. The van der Waals surface area contributed by atoms with E-state index >= 15 is 0 Å². The van der Waals surface area contributed by atoms with Gasteiger partial charge < -0.3 is 20.4 Å². The van der Waals surface area contributed by atoms with Crippen LogP contribution in [-0.4, -0.2) is 44.2 Å². The van der Waals surface area contributed by atoms with Crippen molar-refractivity contribution in [2.45, 2.75) is 43.8 Å². The number of benzene rings is 2. The number of alkyl halides is 3. The third-order valence-corrected chi connectivity index (χ3v) is 5.88. The molecule has 0 unspecified atom stereocenters. The molecule has 5 rings (SSSR count). The Morgan fingerprint density at radius 3 is 2.41 bits per heavy atom. The number of hydrogen-bond donors (Lipinski definition) is 4. The van der Waals surface area contributed by atoms with Crippen LogP contribution in [0.3, 0.4) is 0 Å². The van der Waals surface area contributed by atoms with Crippen LogP contribution in [0.25, 0.3) is 21.9 Å². The van der Waals surface area contributed by atoms with Gasteiger partial charge >= 0.3 is 12.1 Å². The van der Waals surface area contributed by atoms with E-state index in [0.717, 1.165) is 59.0 Å². The van der Waals surface area contributed by atoms with Gasteiger partial charge in [-0.15, -0.1) is 0 Å². The number of nitrogens with zero attached hydrogens (tertiary/aromatic N) is 1. The maximum atomic E-state index is 12.8. The fourth-order valence-electron chi connectivity index (χ4n) is 4.26. The molecule has 4 aromatic rings. The maximum absolute atomic E-state index is 12.8. The molecule has 1 aliphatic rings. The first-order chi connectivity index (χ1) is 16.2. The number of aromatic nitrogens is 3. The van der Waals surface area contributed by atoms with Crippen LogP contribution in [0.2, 0.25) is 0 Å². The zero-order valence-corrected chi connectivity index (χ0v) is 18.0. The van der Waals surface area contributed by atoms with E-state index in [1.165, 1.54) is 0 Å². The molecule has 2 atom stereocenters. The van der Waals surface area contributed by atoms with Crippen LogP contribution in [0, 0.1) is 0 Å². The van der Waals surface area contributed by atoms with Gasteiger partial charge in [-0.05, 0) is 37.5 Å². The number of fused-ring (bicyclic) bond motifs is 2. The predicted molar refractivity (Wildman–Crippen MR) is 121 cm³/mol. The Morgan fingerprint density at radius 1 is 1.03 bits per heavy atom. The average Bonchev–Trinajstić information content (AvgIpc) is 3.43. The number of hydrogen-bond acceptors (Lipinski definition) is 3. The van der Waals surface area contributed by atoms with Gasteiger partial charge in [0.25, 0.3) is 5.91 Å². The Bertz CT molecular complexity index is 1280. The maximum Gasteiger partial charge on any atom is 0.490 e. The molecule has 1 aliphatic carbocycles. The van der Waals surface area contributed by atoms with Gasteiger partial charge in [-0.25, -0.2) is 9.78 Å². The minimum Gasteiger partial charge on any atom is -0.475 e. The van der Waals surface area contributed by atoms with E-state index in [1.807, 2.05) is 42.5 Å². The summed E-state index contributed by atoms with van der Waals surface area (Å²) in [6.07, 6.45) is 0.873. The SMILES string of the molecule is O=C(N[C@@H]1CCC[C@H](c2nc3ccccc3[nH]2)C1)c1c[nH]c2ccccc12.O=C(O)C(F)(F)F. The third kappa shape index (κ3) is 5.22. The summed E-state index contributed by atoms with van der Waals surface area (Å²) in [7, 11) is 0. The lowest BCUT2D eigenvalue weighted by atomic mass is 9.85. The number of carbonyl (C=O) groups is 2. The monoisotopic (exact) mass is 472 g/mol. The Morgan fingerprint density at radius 2 is 1.71 bits per heavy atom. The Balaban J connectivity index is 0.000000344. The second kappa shape index (κ2) is 9.58. The first kappa shape index (κ1) is 23.3. The number of carboxylic acid groups (broad SMARTS) is 1. The lowest BCUT2D eigenvalue weighted by Crippen LogP contribution is -2.38. The van der Waals surface area contributed by atoms with Gasteiger partial charge in [-0.2, -0.15) is 13.2 Å². The Hall–Kier alpha value is -3.82. The topological polar surface area (TPSA) is 111 Å². The van der Waals surface area contributed by atoms with E-state index in [2.05, 4.69) is 21.4 Å². The van der Waals surface area contributed by atoms with E-state index < -0.39 is 12.1 Å². The molecule has 1 saturated carbocycles. The molecule has 0 saturated heterocycles. The summed E-state index contributed by atoms with van der Waals surface area (Å²) in [5.74, 6) is -1.35. The molecular weight excluding hydrogens is 449 g/mol. The molecule has 0 bridgehead atoms. The normalized spacial score (nSPS) is 18.3. The zero-order chi connectivity index (χ0) is 24.3.